The Hall–Kier alpha value is -2.61. The Morgan fingerprint density at radius 3 is 2.78 bits per heavy atom. The molecular weight excluding hydrogens is 320 g/mol. The summed E-state index contributed by atoms with van der Waals surface area (Å²) in [5, 5.41) is 2.83. The van der Waals surface area contributed by atoms with Gasteiger partial charge in [0.2, 0.25) is 5.91 Å². The lowest BCUT2D eigenvalue weighted by molar-refractivity contribution is -0.124. The van der Waals surface area contributed by atoms with Crippen molar-refractivity contribution >= 4 is 39.8 Å². The van der Waals surface area contributed by atoms with Crippen molar-refractivity contribution in [1.29, 1.82) is 0 Å². The van der Waals surface area contributed by atoms with Crippen LogP contribution in [0, 0.1) is 0 Å². The fourth-order valence-electron chi connectivity index (χ4n) is 2.19. The number of benzene rings is 1. The van der Waals surface area contributed by atoms with Crippen molar-refractivity contribution in [3.63, 3.8) is 0 Å². The second-order valence-corrected chi connectivity index (χ2v) is 5.77. The lowest BCUT2D eigenvalue weighted by Crippen LogP contribution is -2.38. The third kappa shape index (κ3) is 3.11. The Kier molecular flexibility index (Phi) is 4.16. The van der Waals surface area contributed by atoms with E-state index < -0.39 is 11.5 Å². The van der Waals surface area contributed by atoms with Crippen LogP contribution < -0.4 is 10.9 Å². The van der Waals surface area contributed by atoms with Crippen molar-refractivity contribution in [2.24, 2.45) is 0 Å². The first-order valence-electron chi connectivity index (χ1n) is 6.84. The van der Waals surface area contributed by atoms with E-state index in [9.17, 15) is 19.2 Å². The van der Waals surface area contributed by atoms with E-state index in [1.807, 2.05) is 0 Å². The Morgan fingerprint density at radius 2 is 2.04 bits per heavy atom. The summed E-state index contributed by atoms with van der Waals surface area (Å²) in [6, 6.07) is 8.33. The molecule has 0 bridgehead atoms. The van der Waals surface area contributed by atoms with Crippen molar-refractivity contribution in [3.05, 3.63) is 46.3 Å². The lowest BCUT2D eigenvalue weighted by atomic mass is 10.2. The smallest absolute Gasteiger partial charge is 0.349 e. The number of carbonyl (C=O) groups is 3. The summed E-state index contributed by atoms with van der Waals surface area (Å²) in [5.74, 6) is -0.753. The van der Waals surface area contributed by atoms with Crippen molar-refractivity contribution < 1.29 is 18.8 Å². The Labute approximate surface area is 134 Å². The molecule has 23 heavy (non-hydrogen) atoms. The van der Waals surface area contributed by atoms with Crippen LogP contribution in [0.4, 0.5) is 4.79 Å². The van der Waals surface area contributed by atoms with Crippen LogP contribution in [0.3, 0.4) is 0 Å². The molecule has 0 atom stereocenters. The van der Waals surface area contributed by atoms with Gasteiger partial charge in [-0.2, -0.15) is 0 Å². The molecule has 1 aromatic carbocycles. The predicted molar refractivity (Wildman–Crippen MR) is 84.4 cm³/mol. The number of rotatable bonds is 4. The van der Waals surface area contributed by atoms with Crippen LogP contribution in [-0.4, -0.2) is 40.8 Å². The van der Waals surface area contributed by atoms with E-state index in [1.54, 1.807) is 24.3 Å². The van der Waals surface area contributed by atoms with Gasteiger partial charge >= 0.3 is 5.63 Å². The van der Waals surface area contributed by atoms with Crippen LogP contribution in [0.2, 0.25) is 0 Å². The molecule has 0 unspecified atom stereocenters. The van der Waals surface area contributed by atoms with Gasteiger partial charge in [0.25, 0.3) is 11.1 Å². The molecule has 1 aliphatic rings. The number of hydrogen-bond acceptors (Lipinski definition) is 6. The van der Waals surface area contributed by atoms with Gasteiger partial charge in [0.1, 0.15) is 11.1 Å². The summed E-state index contributed by atoms with van der Waals surface area (Å²) in [6.45, 7) is 0.151. The molecule has 118 valence electrons. The van der Waals surface area contributed by atoms with Crippen molar-refractivity contribution in [3.8, 4) is 0 Å². The van der Waals surface area contributed by atoms with Gasteiger partial charge in [-0.25, -0.2) is 4.79 Å². The van der Waals surface area contributed by atoms with E-state index in [-0.39, 0.29) is 35.6 Å². The van der Waals surface area contributed by atoms with Crippen LogP contribution in [0.15, 0.2) is 39.5 Å². The molecule has 2 aromatic rings. The number of nitrogens with one attached hydrogen (secondary N) is 1. The Bertz CT molecular complexity index is 844. The maximum Gasteiger partial charge on any atom is 0.349 e. The Balaban J connectivity index is 1.69. The molecule has 3 amide bonds. The molecule has 8 heteroatoms. The zero-order valence-electron chi connectivity index (χ0n) is 11.9. The zero-order chi connectivity index (χ0) is 16.4. The highest BCUT2D eigenvalue weighted by Gasteiger charge is 2.29. The Morgan fingerprint density at radius 1 is 1.26 bits per heavy atom. The largest absolute Gasteiger partial charge is 0.422 e. The van der Waals surface area contributed by atoms with Gasteiger partial charge in [-0.05, 0) is 12.1 Å². The lowest BCUT2D eigenvalue weighted by Gasteiger charge is -2.12. The highest BCUT2D eigenvalue weighted by Crippen LogP contribution is 2.17. The third-order valence-corrected chi connectivity index (χ3v) is 4.21. The number of fused-ring (bicyclic) bond motifs is 1. The molecule has 1 aromatic heterocycles. The van der Waals surface area contributed by atoms with Gasteiger partial charge in [0, 0.05) is 18.5 Å². The normalized spacial score (nSPS) is 14.5. The average molecular weight is 332 g/mol. The second-order valence-electron chi connectivity index (χ2n) is 4.84. The van der Waals surface area contributed by atoms with Crippen LogP contribution in [-0.2, 0) is 4.79 Å². The molecule has 1 saturated heterocycles. The van der Waals surface area contributed by atoms with E-state index in [0.29, 0.717) is 11.0 Å². The fourth-order valence-corrected chi connectivity index (χ4v) is 2.95. The summed E-state index contributed by atoms with van der Waals surface area (Å²) in [6.07, 6.45) is 0. The highest BCUT2D eigenvalue weighted by atomic mass is 32.2. The first-order valence-corrected chi connectivity index (χ1v) is 7.83. The molecule has 7 nitrogen and oxygen atoms in total. The van der Waals surface area contributed by atoms with E-state index in [0.717, 1.165) is 16.7 Å². The minimum atomic E-state index is -0.731. The number of amides is 3. The summed E-state index contributed by atoms with van der Waals surface area (Å²) >= 11 is 0.932. The molecule has 0 spiro atoms. The van der Waals surface area contributed by atoms with Gasteiger partial charge in [0.15, 0.2) is 0 Å². The highest BCUT2D eigenvalue weighted by molar-refractivity contribution is 8.14. The minimum absolute atomic E-state index is 0.0726. The molecule has 2 heterocycles. The molecule has 0 saturated carbocycles. The second kappa shape index (κ2) is 6.25. The molecule has 0 radical (unpaired) electrons. The number of nitrogens with zero attached hydrogens (tertiary/aromatic N) is 1. The standard InChI is InChI=1S/C15H12N2O5S/c18-12-8-23-15(21)17(12)6-5-16-13(19)10-7-9-3-1-2-4-11(9)22-14(10)20/h1-4,7H,5-6,8H2,(H,16,19). The van der Waals surface area contributed by atoms with E-state index in [1.165, 1.54) is 6.07 Å². The van der Waals surface area contributed by atoms with Gasteiger partial charge in [0.05, 0.1) is 5.75 Å². The number of imide groups is 1. The topological polar surface area (TPSA) is 96.7 Å². The molecule has 0 aliphatic carbocycles. The van der Waals surface area contributed by atoms with E-state index in [4.69, 9.17) is 4.42 Å². The number of thioether (sulfide) groups is 1. The summed E-state index contributed by atoms with van der Waals surface area (Å²) in [5.41, 5.74) is -0.443. The van der Waals surface area contributed by atoms with E-state index >= 15 is 0 Å². The zero-order valence-corrected chi connectivity index (χ0v) is 12.7. The molecule has 1 fully saturated rings. The van der Waals surface area contributed by atoms with E-state index in [2.05, 4.69) is 5.32 Å². The maximum atomic E-state index is 12.1. The minimum Gasteiger partial charge on any atom is -0.422 e. The molecule has 1 N–H and O–H groups in total. The monoisotopic (exact) mass is 332 g/mol. The summed E-state index contributed by atoms with van der Waals surface area (Å²) in [4.78, 5) is 47.9. The quantitative estimate of drug-likeness (QED) is 0.846. The molecular formula is C15H12N2O5S. The van der Waals surface area contributed by atoms with Crippen LogP contribution >= 0.6 is 11.8 Å². The predicted octanol–water partition coefficient (Wildman–Crippen LogP) is 1.22. The van der Waals surface area contributed by atoms with Gasteiger partial charge in [-0.1, -0.05) is 30.0 Å². The van der Waals surface area contributed by atoms with Gasteiger partial charge in [-0.3, -0.25) is 19.3 Å². The van der Waals surface area contributed by atoms with Crippen LogP contribution in [0.25, 0.3) is 11.0 Å². The molecule has 3 rings (SSSR count). The first kappa shape index (κ1) is 15.3. The third-order valence-electron chi connectivity index (χ3n) is 3.35. The van der Waals surface area contributed by atoms with Crippen LogP contribution in [0.5, 0.6) is 0 Å². The van der Waals surface area contributed by atoms with Crippen molar-refractivity contribution in [1.82, 2.24) is 10.2 Å². The van der Waals surface area contributed by atoms with Crippen molar-refractivity contribution in [2.45, 2.75) is 0 Å². The van der Waals surface area contributed by atoms with Crippen LogP contribution in [0.1, 0.15) is 10.4 Å². The van der Waals surface area contributed by atoms with Crippen molar-refractivity contribution in [2.75, 3.05) is 18.8 Å². The molecule has 1 aliphatic heterocycles. The summed E-state index contributed by atoms with van der Waals surface area (Å²) in [7, 11) is 0. The van der Waals surface area contributed by atoms with Gasteiger partial charge in [-0.15, -0.1) is 0 Å². The maximum absolute atomic E-state index is 12.1. The average Bonchev–Trinajstić information content (AvgIpc) is 2.86. The fraction of sp³-hybridized carbons (Fsp3) is 0.200. The number of hydrogen-bond donors (Lipinski definition) is 1. The first-order chi connectivity index (χ1) is 11.1. The number of carbonyl (C=O) groups excluding carboxylic acids is 3. The van der Waals surface area contributed by atoms with Gasteiger partial charge < -0.3 is 9.73 Å². The number of para-hydroxylation sites is 1. The summed E-state index contributed by atoms with van der Waals surface area (Å²) < 4.78 is 5.09. The SMILES string of the molecule is O=C(NCCN1C(=O)CSC1=O)c1cc2ccccc2oc1=O.